The van der Waals surface area contributed by atoms with E-state index in [4.69, 9.17) is 15.7 Å². The van der Waals surface area contributed by atoms with E-state index in [1.807, 2.05) is 17.5 Å². The Morgan fingerprint density at radius 1 is 1.47 bits per heavy atom. The van der Waals surface area contributed by atoms with Gasteiger partial charge in [-0.1, -0.05) is 6.07 Å². The fraction of sp³-hybridized carbons (Fsp3) is 0.167. The first-order chi connectivity index (χ1) is 8.31. The summed E-state index contributed by atoms with van der Waals surface area (Å²) in [4.78, 5) is 5.26. The minimum Gasteiger partial charge on any atom is -0.476 e. The van der Waals surface area contributed by atoms with Gasteiger partial charge in [-0.3, -0.25) is 0 Å². The Bertz CT molecular complexity index is 531. The first kappa shape index (κ1) is 11.4. The van der Waals surface area contributed by atoms with Crippen LogP contribution >= 0.6 is 11.3 Å². The van der Waals surface area contributed by atoms with E-state index in [2.05, 4.69) is 11.1 Å². The van der Waals surface area contributed by atoms with E-state index in [-0.39, 0.29) is 0 Å². The van der Waals surface area contributed by atoms with E-state index in [9.17, 15) is 0 Å². The van der Waals surface area contributed by atoms with Crippen molar-refractivity contribution in [3.8, 4) is 11.9 Å². The van der Waals surface area contributed by atoms with Crippen molar-refractivity contribution < 1.29 is 4.74 Å². The van der Waals surface area contributed by atoms with Crippen LogP contribution in [0.4, 0.5) is 5.69 Å². The molecule has 0 fully saturated rings. The first-order valence-electron chi connectivity index (χ1n) is 5.11. The van der Waals surface area contributed by atoms with Crippen molar-refractivity contribution >= 4 is 17.0 Å². The molecule has 0 bridgehead atoms. The van der Waals surface area contributed by atoms with Crippen LogP contribution in [0.5, 0.6) is 5.88 Å². The SMILES string of the molecule is N#Cc1ccnc(OCCc2cccs2)c1N. The van der Waals surface area contributed by atoms with Crippen molar-refractivity contribution in [3.63, 3.8) is 0 Å². The zero-order valence-electron chi connectivity index (χ0n) is 9.09. The molecule has 2 rings (SSSR count). The highest BCUT2D eigenvalue weighted by atomic mass is 32.1. The van der Waals surface area contributed by atoms with Gasteiger partial charge in [0.05, 0.1) is 12.2 Å². The fourth-order valence-electron chi connectivity index (χ4n) is 1.37. The van der Waals surface area contributed by atoms with Crippen molar-refractivity contribution in [2.45, 2.75) is 6.42 Å². The number of nitrogen functional groups attached to an aromatic ring is 1. The third kappa shape index (κ3) is 2.74. The van der Waals surface area contributed by atoms with Crippen molar-refractivity contribution in [2.24, 2.45) is 0 Å². The molecule has 0 amide bonds. The van der Waals surface area contributed by atoms with Gasteiger partial charge in [0.1, 0.15) is 11.8 Å². The van der Waals surface area contributed by atoms with E-state index in [0.29, 0.717) is 23.7 Å². The highest BCUT2D eigenvalue weighted by molar-refractivity contribution is 7.09. The molecule has 2 N–H and O–H groups in total. The Balaban J connectivity index is 1.98. The lowest BCUT2D eigenvalue weighted by Gasteiger charge is -2.07. The number of nitrogens with zero attached hydrogens (tertiary/aromatic N) is 2. The molecule has 17 heavy (non-hydrogen) atoms. The summed E-state index contributed by atoms with van der Waals surface area (Å²) in [5.41, 5.74) is 6.45. The van der Waals surface area contributed by atoms with Crippen molar-refractivity contribution in [3.05, 3.63) is 40.2 Å². The van der Waals surface area contributed by atoms with E-state index in [1.54, 1.807) is 17.4 Å². The van der Waals surface area contributed by atoms with Gasteiger partial charge in [0, 0.05) is 17.5 Å². The first-order valence-corrected chi connectivity index (χ1v) is 5.99. The molecule has 0 radical (unpaired) electrons. The lowest BCUT2D eigenvalue weighted by Crippen LogP contribution is -2.05. The van der Waals surface area contributed by atoms with Crippen LogP contribution in [0.15, 0.2) is 29.8 Å². The zero-order valence-corrected chi connectivity index (χ0v) is 9.91. The van der Waals surface area contributed by atoms with E-state index in [1.165, 1.54) is 11.1 Å². The molecule has 86 valence electrons. The maximum Gasteiger partial charge on any atom is 0.238 e. The second kappa shape index (κ2) is 5.32. The largest absolute Gasteiger partial charge is 0.476 e. The predicted molar refractivity (Wildman–Crippen MR) is 66.9 cm³/mol. The maximum absolute atomic E-state index is 8.81. The van der Waals surface area contributed by atoms with Crippen LogP contribution in [0, 0.1) is 11.3 Å². The molecule has 0 aliphatic heterocycles. The summed E-state index contributed by atoms with van der Waals surface area (Å²) >= 11 is 1.69. The van der Waals surface area contributed by atoms with Crippen molar-refractivity contribution in [1.82, 2.24) is 4.98 Å². The fourth-order valence-corrected chi connectivity index (χ4v) is 2.06. The van der Waals surface area contributed by atoms with Crippen LogP contribution in [0.1, 0.15) is 10.4 Å². The van der Waals surface area contributed by atoms with E-state index >= 15 is 0 Å². The molecule has 0 aromatic carbocycles. The molecule has 2 aromatic rings. The van der Waals surface area contributed by atoms with Gasteiger partial charge in [0.25, 0.3) is 0 Å². The Kier molecular flexibility index (Phi) is 3.58. The summed E-state index contributed by atoms with van der Waals surface area (Å²) in [5, 5.41) is 10.8. The van der Waals surface area contributed by atoms with Gasteiger partial charge in [-0.2, -0.15) is 5.26 Å². The summed E-state index contributed by atoms with van der Waals surface area (Å²) < 4.78 is 5.47. The molecule has 0 saturated heterocycles. The van der Waals surface area contributed by atoms with Crippen LogP contribution < -0.4 is 10.5 Å². The number of pyridine rings is 1. The molecule has 0 aliphatic rings. The highest BCUT2D eigenvalue weighted by Crippen LogP contribution is 2.21. The van der Waals surface area contributed by atoms with E-state index < -0.39 is 0 Å². The van der Waals surface area contributed by atoms with Gasteiger partial charge in [0.15, 0.2) is 0 Å². The van der Waals surface area contributed by atoms with Gasteiger partial charge in [0.2, 0.25) is 5.88 Å². The normalized spacial score (nSPS) is 9.82. The van der Waals surface area contributed by atoms with Crippen LogP contribution in [-0.2, 0) is 6.42 Å². The number of hydrogen-bond donors (Lipinski definition) is 1. The second-order valence-corrected chi connectivity index (χ2v) is 4.40. The monoisotopic (exact) mass is 245 g/mol. The molecular formula is C12H11N3OS. The summed E-state index contributed by atoms with van der Waals surface area (Å²) in [6.07, 6.45) is 2.34. The number of aromatic nitrogens is 1. The lowest BCUT2D eigenvalue weighted by atomic mass is 10.2. The Morgan fingerprint density at radius 3 is 3.06 bits per heavy atom. The van der Waals surface area contributed by atoms with Gasteiger partial charge in [-0.05, 0) is 17.5 Å². The van der Waals surface area contributed by atoms with Crippen LogP contribution in [-0.4, -0.2) is 11.6 Å². The Hall–Kier alpha value is -2.06. The quantitative estimate of drug-likeness (QED) is 0.896. The minimum absolute atomic E-state index is 0.307. The smallest absolute Gasteiger partial charge is 0.238 e. The number of hydrogen-bond acceptors (Lipinski definition) is 5. The third-order valence-electron chi connectivity index (χ3n) is 2.24. The van der Waals surface area contributed by atoms with Crippen LogP contribution in [0.25, 0.3) is 0 Å². The molecule has 5 heteroatoms. The third-order valence-corrected chi connectivity index (χ3v) is 3.18. The zero-order chi connectivity index (χ0) is 12.1. The standard InChI is InChI=1S/C12H11N3OS/c13-8-9-3-5-15-12(11(9)14)16-6-4-10-2-1-7-17-10/h1-3,5,7H,4,6,14H2. The van der Waals surface area contributed by atoms with Crippen molar-refractivity contribution in [1.29, 1.82) is 5.26 Å². The molecule has 2 heterocycles. The number of rotatable bonds is 4. The van der Waals surface area contributed by atoms with Crippen LogP contribution in [0.2, 0.25) is 0 Å². The van der Waals surface area contributed by atoms with Gasteiger partial charge in [-0.25, -0.2) is 4.98 Å². The maximum atomic E-state index is 8.81. The Morgan fingerprint density at radius 2 is 2.35 bits per heavy atom. The molecular weight excluding hydrogens is 234 g/mol. The molecule has 0 unspecified atom stereocenters. The molecule has 0 saturated carbocycles. The summed E-state index contributed by atoms with van der Waals surface area (Å²) in [7, 11) is 0. The number of thiophene rings is 1. The van der Waals surface area contributed by atoms with Crippen LogP contribution in [0.3, 0.4) is 0 Å². The summed E-state index contributed by atoms with van der Waals surface area (Å²) in [5.74, 6) is 0.334. The number of ether oxygens (including phenoxy) is 1. The summed E-state index contributed by atoms with van der Waals surface area (Å²) in [6.45, 7) is 0.507. The molecule has 2 aromatic heterocycles. The molecule has 0 aliphatic carbocycles. The molecule has 0 atom stereocenters. The van der Waals surface area contributed by atoms with E-state index in [0.717, 1.165) is 6.42 Å². The topological polar surface area (TPSA) is 71.9 Å². The number of nitrogens with two attached hydrogens (primary N) is 1. The van der Waals surface area contributed by atoms with Crippen molar-refractivity contribution in [2.75, 3.05) is 12.3 Å². The number of nitriles is 1. The highest BCUT2D eigenvalue weighted by Gasteiger charge is 2.06. The molecule has 4 nitrogen and oxygen atoms in total. The van der Waals surface area contributed by atoms with Gasteiger partial charge in [-0.15, -0.1) is 11.3 Å². The number of anilines is 1. The average molecular weight is 245 g/mol. The van der Waals surface area contributed by atoms with Gasteiger partial charge < -0.3 is 10.5 Å². The Labute approximate surface area is 103 Å². The second-order valence-electron chi connectivity index (χ2n) is 3.37. The lowest BCUT2D eigenvalue weighted by molar-refractivity contribution is 0.312. The minimum atomic E-state index is 0.307. The average Bonchev–Trinajstić information content (AvgIpc) is 2.84. The predicted octanol–water partition coefficient (Wildman–Crippen LogP) is 2.22. The summed E-state index contributed by atoms with van der Waals surface area (Å²) in [6, 6.07) is 7.62. The molecule has 0 spiro atoms. The van der Waals surface area contributed by atoms with Gasteiger partial charge >= 0.3 is 0 Å².